The summed E-state index contributed by atoms with van der Waals surface area (Å²) < 4.78 is 13.2. The Bertz CT molecular complexity index is 580. The Hall–Kier alpha value is -1.56. The molecule has 1 aliphatic rings. The van der Waals surface area contributed by atoms with Gasteiger partial charge in [0.15, 0.2) is 0 Å². The monoisotopic (exact) mass is 381 g/mol. The summed E-state index contributed by atoms with van der Waals surface area (Å²) in [6.45, 7) is 0.459. The molecule has 0 N–H and O–H groups in total. The van der Waals surface area contributed by atoms with Gasteiger partial charge in [-0.2, -0.15) is 0 Å². The molecule has 0 aromatic heterocycles. The maximum atomic E-state index is 11.3. The molecule has 0 bridgehead atoms. The molecule has 0 aliphatic carbocycles. The van der Waals surface area contributed by atoms with Gasteiger partial charge in [0.05, 0.1) is 0 Å². The molecule has 0 radical (unpaired) electrons. The quantitative estimate of drug-likeness (QED) is 0.530. The van der Waals surface area contributed by atoms with Crippen LogP contribution in [-0.4, -0.2) is 18.7 Å². The molecule has 3 nitrogen and oxygen atoms in total. The van der Waals surface area contributed by atoms with Crippen molar-refractivity contribution in [2.45, 2.75) is 12.5 Å². The number of ether oxygens (including phenoxy) is 2. The van der Waals surface area contributed by atoms with Crippen molar-refractivity contribution in [1.29, 1.82) is 0 Å². The standard InChI is InChI=1S/C16H14IO3/c18-16-15(10-11-19-16)20-14-8-6-13(7-9-14)17-12-4-2-1-3-5-12/h1-9,15H,10-11H2/q-1. The molecule has 104 valence electrons. The predicted molar refractivity (Wildman–Crippen MR) is 70.3 cm³/mol. The number of rotatable bonds is 4. The van der Waals surface area contributed by atoms with E-state index in [1.807, 2.05) is 18.2 Å². The first-order valence-corrected chi connectivity index (χ1v) is 8.60. The number of carbonyl (C=O) groups excluding carboxylic acids is 1. The predicted octanol–water partition coefficient (Wildman–Crippen LogP) is -0.491. The fraction of sp³-hybridized carbons (Fsp3) is 0.188. The summed E-state index contributed by atoms with van der Waals surface area (Å²) in [6.07, 6.45) is 0.196. The Labute approximate surface area is 128 Å². The molecule has 20 heavy (non-hydrogen) atoms. The van der Waals surface area contributed by atoms with E-state index in [0.29, 0.717) is 13.0 Å². The Kier molecular flexibility index (Phi) is 4.20. The molecule has 0 saturated carbocycles. The molecule has 2 aromatic carbocycles. The fourth-order valence-corrected chi connectivity index (χ4v) is 4.14. The zero-order valence-corrected chi connectivity index (χ0v) is 12.9. The first kappa shape index (κ1) is 13.4. The molecule has 3 rings (SSSR count). The van der Waals surface area contributed by atoms with E-state index in [0.717, 1.165) is 5.75 Å². The first-order chi connectivity index (χ1) is 9.81. The number of cyclic esters (lactones) is 1. The van der Waals surface area contributed by atoms with Gasteiger partial charge < -0.3 is 0 Å². The van der Waals surface area contributed by atoms with Crippen LogP contribution in [0.3, 0.4) is 0 Å². The van der Waals surface area contributed by atoms with E-state index < -0.39 is 6.10 Å². The van der Waals surface area contributed by atoms with Crippen molar-refractivity contribution in [3.8, 4) is 5.75 Å². The zero-order chi connectivity index (χ0) is 13.8. The van der Waals surface area contributed by atoms with Crippen LogP contribution in [0, 0.1) is 7.14 Å². The number of hydrogen-bond donors (Lipinski definition) is 0. The Balaban J connectivity index is 1.64. The molecule has 1 unspecified atom stereocenters. The average molecular weight is 381 g/mol. The van der Waals surface area contributed by atoms with Crippen LogP contribution in [0.15, 0.2) is 54.6 Å². The summed E-state index contributed by atoms with van der Waals surface area (Å²) >= 11 is -0.157. The zero-order valence-electron chi connectivity index (χ0n) is 10.8. The second-order valence-electron chi connectivity index (χ2n) is 4.41. The second-order valence-corrected chi connectivity index (χ2v) is 7.44. The van der Waals surface area contributed by atoms with Gasteiger partial charge >= 0.3 is 128 Å². The van der Waals surface area contributed by atoms with Gasteiger partial charge in [-0.25, -0.2) is 0 Å². The van der Waals surface area contributed by atoms with E-state index in [-0.39, 0.29) is 27.2 Å². The van der Waals surface area contributed by atoms with Gasteiger partial charge in [0.2, 0.25) is 0 Å². The van der Waals surface area contributed by atoms with Gasteiger partial charge in [-0.1, -0.05) is 0 Å². The van der Waals surface area contributed by atoms with E-state index in [1.165, 1.54) is 7.14 Å². The average Bonchev–Trinajstić information content (AvgIpc) is 2.88. The first-order valence-electron chi connectivity index (χ1n) is 6.44. The van der Waals surface area contributed by atoms with Crippen LogP contribution in [0.2, 0.25) is 0 Å². The van der Waals surface area contributed by atoms with E-state index in [9.17, 15) is 4.79 Å². The third-order valence-corrected chi connectivity index (χ3v) is 5.61. The van der Waals surface area contributed by atoms with Crippen LogP contribution in [0.4, 0.5) is 0 Å². The van der Waals surface area contributed by atoms with Crippen LogP contribution in [0.25, 0.3) is 0 Å². The maximum absolute atomic E-state index is 11.3. The number of esters is 1. The summed E-state index contributed by atoms with van der Waals surface area (Å²) in [5.74, 6) is 0.473. The third kappa shape index (κ3) is 3.30. The summed E-state index contributed by atoms with van der Waals surface area (Å²) in [5, 5.41) is 0. The summed E-state index contributed by atoms with van der Waals surface area (Å²) in [5.41, 5.74) is 0. The Morgan fingerprint density at radius 2 is 1.70 bits per heavy atom. The molecule has 0 amide bonds. The van der Waals surface area contributed by atoms with Gasteiger partial charge in [0.25, 0.3) is 0 Å². The van der Waals surface area contributed by atoms with Crippen molar-refractivity contribution in [2.24, 2.45) is 0 Å². The van der Waals surface area contributed by atoms with Gasteiger partial charge in [-0.3, -0.25) is 0 Å². The fourth-order valence-electron chi connectivity index (χ4n) is 1.93. The van der Waals surface area contributed by atoms with Crippen molar-refractivity contribution in [1.82, 2.24) is 0 Å². The van der Waals surface area contributed by atoms with E-state index >= 15 is 0 Å². The van der Waals surface area contributed by atoms with Crippen molar-refractivity contribution < 1.29 is 35.5 Å². The number of carbonyl (C=O) groups is 1. The van der Waals surface area contributed by atoms with Gasteiger partial charge in [0, 0.05) is 0 Å². The van der Waals surface area contributed by atoms with Crippen LogP contribution in [-0.2, 0) is 9.53 Å². The molecular formula is C16H14IO3-. The minimum absolute atomic E-state index is 0.157. The molecule has 1 fully saturated rings. The van der Waals surface area contributed by atoms with E-state index in [2.05, 4.69) is 36.4 Å². The molecule has 1 aliphatic heterocycles. The molecule has 4 heteroatoms. The van der Waals surface area contributed by atoms with Gasteiger partial charge in [-0.15, -0.1) is 0 Å². The Morgan fingerprint density at radius 1 is 1.00 bits per heavy atom. The van der Waals surface area contributed by atoms with E-state index in [4.69, 9.17) is 9.47 Å². The van der Waals surface area contributed by atoms with Crippen LogP contribution in [0.5, 0.6) is 5.75 Å². The second kappa shape index (κ2) is 6.26. The molecule has 1 saturated heterocycles. The minimum atomic E-state index is -0.440. The molecule has 1 heterocycles. The number of benzene rings is 2. The molecule has 1 atom stereocenters. The summed E-state index contributed by atoms with van der Waals surface area (Å²) in [6, 6.07) is 18.5. The molecular weight excluding hydrogens is 367 g/mol. The van der Waals surface area contributed by atoms with Crippen molar-refractivity contribution in [3.63, 3.8) is 0 Å². The Morgan fingerprint density at radius 3 is 2.35 bits per heavy atom. The third-order valence-electron chi connectivity index (χ3n) is 2.93. The van der Waals surface area contributed by atoms with Crippen LogP contribution >= 0.6 is 0 Å². The summed E-state index contributed by atoms with van der Waals surface area (Å²) in [7, 11) is 0. The normalized spacial score (nSPS) is 18.0. The number of halogens is 1. The van der Waals surface area contributed by atoms with Crippen LogP contribution < -0.4 is 25.9 Å². The van der Waals surface area contributed by atoms with Crippen LogP contribution in [0.1, 0.15) is 6.42 Å². The van der Waals surface area contributed by atoms with E-state index in [1.54, 1.807) is 0 Å². The van der Waals surface area contributed by atoms with Gasteiger partial charge in [-0.05, 0) is 0 Å². The summed E-state index contributed by atoms with van der Waals surface area (Å²) in [4.78, 5) is 11.3. The van der Waals surface area contributed by atoms with Crippen molar-refractivity contribution >= 4 is 5.97 Å². The van der Waals surface area contributed by atoms with Crippen molar-refractivity contribution in [2.75, 3.05) is 6.61 Å². The van der Waals surface area contributed by atoms with Crippen molar-refractivity contribution in [3.05, 3.63) is 61.7 Å². The van der Waals surface area contributed by atoms with Gasteiger partial charge in [0.1, 0.15) is 0 Å². The SMILES string of the molecule is O=C1OCCC1Oc1ccc([I-]c2ccccc2)cc1. The topological polar surface area (TPSA) is 35.5 Å². The molecule has 2 aromatic rings. The molecule has 0 spiro atoms. The number of hydrogen-bond acceptors (Lipinski definition) is 3.